The van der Waals surface area contributed by atoms with E-state index < -0.39 is 0 Å². The third kappa shape index (κ3) is 4.01. The number of fused-ring (bicyclic) bond motifs is 1. The van der Waals surface area contributed by atoms with E-state index in [0.717, 1.165) is 11.3 Å². The zero-order chi connectivity index (χ0) is 19.4. The molecule has 27 heavy (non-hydrogen) atoms. The monoisotopic (exact) mass is 370 g/mol. The second-order valence-electron chi connectivity index (χ2n) is 6.66. The molecule has 0 bridgehead atoms. The largest absolute Gasteiger partial charge is 0.493 e. The molecule has 0 aliphatic carbocycles. The van der Waals surface area contributed by atoms with E-state index in [1.165, 1.54) is 0 Å². The van der Waals surface area contributed by atoms with Gasteiger partial charge < -0.3 is 24.4 Å². The predicted molar refractivity (Wildman–Crippen MR) is 104 cm³/mol. The molecule has 1 N–H and O–H groups in total. The molecule has 0 spiro atoms. The molecule has 1 aliphatic rings. The minimum absolute atomic E-state index is 0.0205. The summed E-state index contributed by atoms with van der Waals surface area (Å²) in [5, 5.41) is 3.47. The molecule has 0 radical (unpaired) electrons. The van der Waals surface area contributed by atoms with E-state index in [4.69, 9.17) is 14.2 Å². The molecule has 3 rings (SSSR count). The van der Waals surface area contributed by atoms with Crippen LogP contribution in [0.2, 0.25) is 0 Å². The van der Waals surface area contributed by atoms with E-state index in [2.05, 4.69) is 5.32 Å². The van der Waals surface area contributed by atoms with Gasteiger partial charge in [0.05, 0.1) is 25.4 Å². The quantitative estimate of drug-likeness (QED) is 0.805. The van der Waals surface area contributed by atoms with Crippen LogP contribution in [0, 0.1) is 0 Å². The van der Waals surface area contributed by atoms with E-state index in [0.29, 0.717) is 30.2 Å². The Morgan fingerprint density at radius 2 is 1.89 bits per heavy atom. The zero-order valence-corrected chi connectivity index (χ0v) is 16.2. The Bertz CT molecular complexity index is 807. The summed E-state index contributed by atoms with van der Waals surface area (Å²) in [4.78, 5) is 14.8. The van der Waals surface area contributed by atoms with Crippen molar-refractivity contribution in [1.29, 1.82) is 0 Å². The van der Waals surface area contributed by atoms with Crippen molar-refractivity contribution in [2.24, 2.45) is 0 Å². The van der Waals surface area contributed by atoms with Gasteiger partial charge in [0, 0.05) is 19.3 Å². The number of nitrogens with one attached hydrogen (secondary N) is 1. The van der Waals surface area contributed by atoms with E-state index in [1.807, 2.05) is 56.3 Å². The lowest BCUT2D eigenvalue weighted by atomic mass is 10.0. The Morgan fingerprint density at radius 1 is 1.11 bits per heavy atom. The number of carbonyl (C=O) groups excluding carboxylic acids is 1. The van der Waals surface area contributed by atoms with Crippen LogP contribution in [0.5, 0.6) is 11.5 Å². The fourth-order valence-electron chi connectivity index (χ4n) is 3.18. The molecule has 0 aromatic heterocycles. The lowest BCUT2D eigenvalue weighted by Crippen LogP contribution is -2.44. The van der Waals surface area contributed by atoms with Crippen LogP contribution in [0.1, 0.15) is 35.9 Å². The van der Waals surface area contributed by atoms with Crippen molar-refractivity contribution in [3.05, 3.63) is 53.6 Å². The van der Waals surface area contributed by atoms with Crippen molar-refractivity contribution >= 4 is 11.6 Å². The number of para-hydroxylation sites is 1. The highest BCUT2D eigenvalue weighted by molar-refractivity contribution is 6.01. The first kappa shape index (κ1) is 19.0. The third-order valence-corrected chi connectivity index (χ3v) is 4.42. The van der Waals surface area contributed by atoms with Crippen molar-refractivity contribution in [1.82, 2.24) is 4.90 Å². The molecule has 1 heterocycles. The van der Waals surface area contributed by atoms with Gasteiger partial charge in [-0.3, -0.25) is 4.79 Å². The molecular formula is C21H26N2O4. The van der Waals surface area contributed by atoms with Gasteiger partial charge in [-0.25, -0.2) is 0 Å². The van der Waals surface area contributed by atoms with Crippen LogP contribution in [0.3, 0.4) is 0 Å². The van der Waals surface area contributed by atoms with Gasteiger partial charge in [-0.1, -0.05) is 18.2 Å². The Kier molecular flexibility index (Phi) is 5.86. The Morgan fingerprint density at radius 3 is 2.59 bits per heavy atom. The smallest absolute Gasteiger partial charge is 0.257 e. The molecule has 0 saturated carbocycles. The van der Waals surface area contributed by atoms with E-state index in [-0.39, 0.29) is 18.2 Å². The van der Waals surface area contributed by atoms with Crippen molar-refractivity contribution in [3.63, 3.8) is 0 Å². The number of methoxy groups -OCH3 is 2. The van der Waals surface area contributed by atoms with Gasteiger partial charge in [-0.05, 0) is 43.7 Å². The SMILES string of the molecule is COCCN1C(=O)c2ccccc2NC1c1ccc(OC(C)C)c(OC)c1. The first-order valence-electron chi connectivity index (χ1n) is 9.05. The normalized spacial score (nSPS) is 16.1. The average molecular weight is 370 g/mol. The number of rotatable bonds is 7. The number of carbonyl (C=O) groups is 1. The number of benzene rings is 2. The first-order valence-corrected chi connectivity index (χ1v) is 9.05. The van der Waals surface area contributed by atoms with Crippen LogP contribution in [-0.4, -0.2) is 44.3 Å². The van der Waals surface area contributed by atoms with Gasteiger partial charge >= 0.3 is 0 Å². The molecule has 6 heteroatoms. The average Bonchev–Trinajstić information content (AvgIpc) is 2.67. The van der Waals surface area contributed by atoms with Gasteiger partial charge in [0.25, 0.3) is 5.91 Å². The van der Waals surface area contributed by atoms with Crippen molar-refractivity contribution in [3.8, 4) is 11.5 Å². The van der Waals surface area contributed by atoms with Gasteiger partial charge in [-0.15, -0.1) is 0 Å². The summed E-state index contributed by atoms with van der Waals surface area (Å²) in [5.74, 6) is 1.30. The number of amides is 1. The third-order valence-electron chi connectivity index (χ3n) is 4.42. The molecule has 1 aliphatic heterocycles. The number of hydrogen-bond acceptors (Lipinski definition) is 5. The van der Waals surface area contributed by atoms with Gasteiger partial charge in [0.1, 0.15) is 6.17 Å². The van der Waals surface area contributed by atoms with Crippen LogP contribution in [0.25, 0.3) is 0 Å². The van der Waals surface area contributed by atoms with Gasteiger partial charge in [-0.2, -0.15) is 0 Å². The molecule has 0 saturated heterocycles. The number of anilines is 1. The zero-order valence-electron chi connectivity index (χ0n) is 16.2. The topological polar surface area (TPSA) is 60.0 Å². The summed E-state index contributed by atoms with van der Waals surface area (Å²) in [6.07, 6.45) is -0.270. The molecule has 2 aromatic rings. The maximum Gasteiger partial charge on any atom is 0.257 e. The number of nitrogens with zero attached hydrogens (tertiary/aromatic N) is 1. The minimum atomic E-state index is -0.315. The maximum atomic E-state index is 13.0. The molecule has 6 nitrogen and oxygen atoms in total. The van der Waals surface area contributed by atoms with Gasteiger partial charge in [0.15, 0.2) is 11.5 Å². The summed E-state index contributed by atoms with van der Waals surface area (Å²) in [6, 6.07) is 13.3. The Labute approximate surface area is 160 Å². The van der Waals surface area contributed by atoms with E-state index in [1.54, 1.807) is 19.1 Å². The van der Waals surface area contributed by atoms with Gasteiger partial charge in [0.2, 0.25) is 0 Å². The summed E-state index contributed by atoms with van der Waals surface area (Å²) in [7, 11) is 3.25. The lowest BCUT2D eigenvalue weighted by Gasteiger charge is -2.38. The highest BCUT2D eigenvalue weighted by Gasteiger charge is 2.33. The van der Waals surface area contributed by atoms with Crippen LogP contribution >= 0.6 is 0 Å². The fourth-order valence-corrected chi connectivity index (χ4v) is 3.18. The fraction of sp³-hybridized carbons (Fsp3) is 0.381. The summed E-state index contributed by atoms with van der Waals surface area (Å²) >= 11 is 0. The van der Waals surface area contributed by atoms with E-state index >= 15 is 0 Å². The van der Waals surface area contributed by atoms with Crippen molar-refractivity contribution in [2.45, 2.75) is 26.1 Å². The lowest BCUT2D eigenvalue weighted by molar-refractivity contribution is 0.0609. The highest BCUT2D eigenvalue weighted by Crippen LogP contribution is 2.37. The van der Waals surface area contributed by atoms with Crippen LogP contribution in [0.4, 0.5) is 5.69 Å². The molecule has 1 unspecified atom stereocenters. The molecule has 1 amide bonds. The van der Waals surface area contributed by atoms with E-state index in [9.17, 15) is 4.79 Å². The van der Waals surface area contributed by atoms with Crippen molar-refractivity contribution in [2.75, 3.05) is 32.7 Å². The number of ether oxygens (including phenoxy) is 3. The Balaban J connectivity index is 1.98. The first-order chi connectivity index (χ1) is 13.0. The molecule has 2 aromatic carbocycles. The Hall–Kier alpha value is -2.73. The second kappa shape index (κ2) is 8.31. The summed E-state index contributed by atoms with van der Waals surface area (Å²) in [5.41, 5.74) is 2.40. The maximum absolute atomic E-state index is 13.0. The standard InChI is InChI=1S/C21H26N2O4/c1-14(2)27-18-10-9-15(13-19(18)26-4)20-22-17-8-6-5-7-16(17)21(24)23(20)11-12-25-3/h5-10,13-14,20,22H,11-12H2,1-4H3. The van der Waals surface area contributed by atoms with Crippen LogP contribution < -0.4 is 14.8 Å². The minimum Gasteiger partial charge on any atom is -0.493 e. The number of hydrogen-bond donors (Lipinski definition) is 1. The highest BCUT2D eigenvalue weighted by atomic mass is 16.5. The van der Waals surface area contributed by atoms with Crippen molar-refractivity contribution < 1.29 is 19.0 Å². The van der Waals surface area contributed by atoms with Crippen LogP contribution in [0.15, 0.2) is 42.5 Å². The summed E-state index contributed by atoms with van der Waals surface area (Å²) in [6.45, 7) is 4.88. The van der Waals surface area contributed by atoms with Crippen LogP contribution in [-0.2, 0) is 4.74 Å². The molecule has 144 valence electrons. The molecule has 0 fully saturated rings. The molecular weight excluding hydrogens is 344 g/mol. The summed E-state index contributed by atoms with van der Waals surface area (Å²) < 4.78 is 16.5. The molecule has 1 atom stereocenters. The second-order valence-corrected chi connectivity index (χ2v) is 6.66. The predicted octanol–water partition coefficient (Wildman–Crippen LogP) is 3.70.